The number of rotatable bonds is 14. The van der Waals surface area contributed by atoms with E-state index in [1.165, 1.54) is 0 Å². The van der Waals surface area contributed by atoms with Crippen molar-refractivity contribution in [3.63, 3.8) is 0 Å². The van der Waals surface area contributed by atoms with Gasteiger partial charge >= 0.3 is 0 Å². The minimum Gasteiger partial charge on any atom is -0.493 e. The molecule has 7 heteroatoms. The molecule has 0 aromatic heterocycles. The zero-order valence-electron chi connectivity index (χ0n) is 22.4. The van der Waals surface area contributed by atoms with E-state index in [1.807, 2.05) is 72.8 Å². The normalized spacial score (nSPS) is 11.5. The van der Waals surface area contributed by atoms with Crippen molar-refractivity contribution in [1.82, 2.24) is 10.2 Å². The quantitative estimate of drug-likeness (QED) is 0.239. The molecule has 0 fully saturated rings. The van der Waals surface area contributed by atoms with Crippen LogP contribution in [0.3, 0.4) is 0 Å². The average Bonchev–Trinajstić information content (AvgIpc) is 2.94. The standard InChI is InChI=1S/C31H37BrN2O4/c1-4-5-18-33-31(36)27(20-23-10-7-6-8-11-23)34(22-25-12-9-13-26(32)19-25)30(35)17-15-24-14-16-28(37-2)29(21-24)38-3/h6-14,16,19,21,27H,4-5,15,17-18,20,22H2,1-3H3,(H,33,36). The highest BCUT2D eigenvalue weighted by Crippen LogP contribution is 2.28. The smallest absolute Gasteiger partial charge is 0.243 e. The molecule has 1 unspecified atom stereocenters. The van der Waals surface area contributed by atoms with Crippen molar-refractivity contribution in [2.45, 2.75) is 51.6 Å². The molecule has 38 heavy (non-hydrogen) atoms. The van der Waals surface area contributed by atoms with E-state index in [2.05, 4.69) is 28.2 Å². The van der Waals surface area contributed by atoms with Crippen molar-refractivity contribution < 1.29 is 19.1 Å². The van der Waals surface area contributed by atoms with Gasteiger partial charge in [0.15, 0.2) is 11.5 Å². The van der Waals surface area contributed by atoms with Gasteiger partial charge < -0.3 is 19.7 Å². The van der Waals surface area contributed by atoms with Crippen LogP contribution in [-0.4, -0.2) is 43.5 Å². The van der Waals surface area contributed by atoms with Crippen molar-refractivity contribution in [3.8, 4) is 11.5 Å². The van der Waals surface area contributed by atoms with Gasteiger partial charge in [-0.05, 0) is 53.8 Å². The Morgan fingerprint density at radius 2 is 1.63 bits per heavy atom. The molecule has 2 amide bonds. The molecule has 0 aliphatic carbocycles. The number of nitrogens with one attached hydrogen (secondary N) is 1. The number of unbranched alkanes of at least 4 members (excludes halogenated alkanes) is 1. The minimum atomic E-state index is -0.633. The van der Waals surface area contributed by atoms with Gasteiger partial charge in [0.25, 0.3) is 0 Å². The Hall–Kier alpha value is -3.32. The maximum atomic E-state index is 13.8. The van der Waals surface area contributed by atoms with Crippen molar-refractivity contribution in [2.75, 3.05) is 20.8 Å². The first kappa shape index (κ1) is 29.2. The summed E-state index contributed by atoms with van der Waals surface area (Å²) in [5, 5.41) is 3.07. The summed E-state index contributed by atoms with van der Waals surface area (Å²) in [6.07, 6.45) is 3.09. The molecule has 3 rings (SSSR count). The summed E-state index contributed by atoms with van der Waals surface area (Å²) < 4.78 is 11.7. The predicted molar refractivity (Wildman–Crippen MR) is 154 cm³/mol. The molecule has 0 aliphatic heterocycles. The summed E-state index contributed by atoms with van der Waals surface area (Å²) in [4.78, 5) is 29.1. The minimum absolute atomic E-state index is 0.0775. The highest BCUT2D eigenvalue weighted by Gasteiger charge is 2.30. The Morgan fingerprint density at radius 1 is 0.895 bits per heavy atom. The predicted octanol–water partition coefficient (Wildman–Crippen LogP) is 5.96. The largest absolute Gasteiger partial charge is 0.493 e. The zero-order chi connectivity index (χ0) is 27.3. The fourth-order valence-corrected chi connectivity index (χ4v) is 4.77. The number of amides is 2. The fourth-order valence-electron chi connectivity index (χ4n) is 4.32. The molecule has 3 aromatic rings. The van der Waals surface area contributed by atoms with Crippen LogP contribution in [-0.2, 0) is 29.0 Å². The lowest BCUT2D eigenvalue weighted by molar-refractivity contribution is -0.141. The Labute approximate surface area is 234 Å². The van der Waals surface area contributed by atoms with Crippen LogP contribution in [0, 0.1) is 0 Å². The monoisotopic (exact) mass is 580 g/mol. The maximum absolute atomic E-state index is 13.8. The third kappa shape index (κ3) is 8.62. The number of ether oxygens (including phenoxy) is 2. The molecule has 0 saturated carbocycles. The topological polar surface area (TPSA) is 67.9 Å². The average molecular weight is 582 g/mol. The van der Waals surface area contributed by atoms with E-state index in [0.717, 1.165) is 34.0 Å². The van der Waals surface area contributed by atoms with Gasteiger partial charge in [0.2, 0.25) is 11.8 Å². The fraction of sp³-hybridized carbons (Fsp3) is 0.355. The molecule has 1 atom stereocenters. The summed E-state index contributed by atoms with van der Waals surface area (Å²) in [6.45, 7) is 3.01. The van der Waals surface area contributed by atoms with Crippen LogP contribution in [0.5, 0.6) is 11.5 Å². The van der Waals surface area contributed by atoms with Gasteiger partial charge in [-0.2, -0.15) is 0 Å². The van der Waals surface area contributed by atoms with Gasteiger partial charge in [-0.25, -0.2) is 0 Å². The van der Waals surface area contributed by atoms with Crippen LogP contribution in [0.15, 0.2) is 77.3 Å². The molecule has 0 aliphatic rings. The molecule has 1 N–H and O–H groups in total. The van der Waals surface area contributed by atoms with Gasteiger partial charge in [-0.3, -0.25) is 9.59 Å². The molecular formula is C31H37BrN2O4. The van der Waals surface area contributed by atoms with E-state index in [0.29, 0.717) is 37.4 Å². The van der Waals surface area contributed by atoms with Crippen LogP contribution in [0.4, 0.5) is 0 Å². The van der Waals surface area contributed by atoms with E-state index in [9.17, 15) is 9.59 Å². The second kappa shape index (κ2) is 15.2. The van der Waals surface area contributed by atoms with Crippen LogP contribution in [0.25, 0.3) is 0 Å². The summed E-state index contributed by atoms with van der Waals surface area (Å²) in [5.41, 5.74) is 2.93. The van der Waals surface area contributed by atoms with E-state index in [-0.39, 0.29) is 18.2 Å². The summed E-state index contributed by atoms with van der Waals surface area (Å²) >= 11 is 3.53. The number of hydrogen-bond donors (Lipinski definition) is 1. The van der Waals surface area contributed by atoms with Crippen LogP contribution in [0.1, 0.15) is 42.9 Å². The molecule has 0 bridgehead atoms. The SMILES string of the molecule is CCCCNC(=O)C(Cc1ccccc1)N(Cc1cccc(Br)c1)C(=O)CCc1ccc(OC)c(OC)c1. The lowest BCUT2D eigenvalue weighted by atomic mass is 10.0. The zero-order valence-corrected chi connectivity index (χ0v) is 24.0. The first-order valence-electron chi connectivity index (χ1n) is 13.0. The Balaban J connectivity index is 1.89. The van der Waals surface area contributed by atoms with Gasteiger partial charge in [-0.15, -0.1) is 0 Å². The molecule has 0 saturated heterocycles. The van der Waals surface area contributed by atoms with Gasteiger partial charge in [-0.1, -0.05) is 77.8 Å². The van der Waals surface area contributed by atoms with Gasteiger partial charge in [0.05, 0.1) is 14.2 Å². The number of nitrogens with zero attached hydrogens (tertiary/aromatic N) is 1. The number of carbonyl (C=O) groups is 2. The third-order valence-electron chi connectivity index (χ3n) is 6.42. The maximum Gasteiger partial charge on any atom is 0.243 e. The number of benzene rings is 3. The molecule has 0 spiro atoms. The third-order valence-corrected chi connectivity index (χ3v) is 6.91. The number of methoxy groups -OCH3 is 2. The summed E-state index contributed by atoms with van der Waals surface area (Å²) in [6, 6.07) is 22.8. The van der Waals surface area contributed by atoms with Crippen LogP contribution in [0.2, 0.25) is 0 Å². The Morgan fingerprint density at radius 3 is 2.32 bits per heavy atom. The van der Waals surface area contributed by atoms with Crippen LogP contribution < -0.4 is 14.8 Å². The van der Waals surface area contributed by atoms with E-state index < -0.39 is 6.04 Å². The lowest BCUT2D eigenvalue weighted by Crippen LogP contribution is -2.50. The number of halogens is 1. The lowest BCUT2D eigenvalue weighted by Gasteiger charge is -2.32. The molecule has 0 radical (unpaired) electrons. The number of carbonyl (C=O) groups excluding carboxylic acids is 2. The van der Waals surface area contributed by atoms with Crippen LogP contribution >= 0.6 is 15.9 Å². The van der Waals surface area contributed by atoms with Gasteiger partial charge in [0.1, 0.15) is 6.04 Å². The first-order valence-corrected chi connectivity index (χ1v) is 13.8. The second-order valence-corrected chi connectivity index (χ2v) is 10.1. The second-order valence-electron chi connectivity index (χ2n) is 9.19. The van der Waals surface area contributed by atoms with E-state index in [4.69, 9.17) is 9.47 Å². The molecular weight excluding hydrogens is 544 g/mol. The Kier molecular flexibility index (Phi) is 11.7. The highest BCUT2D eigenvalue weighted by molar-refractivity contribution is 9.10. The molecule has 202 valence electrons. The number of hydrogen-bond acceptors (Lipinski definition) is 4. The number of aryl methyl sites for hydroxylation is 1. The summed E-state index contributed by atoms with van der Waals surface area (Å²) in [5.74, 6) is 1.06. The van der Waals surface area contributed by atoms with E-state index in [1.54, 1.807) is 19.1 Å². The summed E-state index contributed by atoms with van der Waals surface area (Å²) in [7, 11) is 3.19. The highest BCUT2D eigenvalue weighted by atomic mass is 79.9. The Bertz CT molecular complexity index is 1190. The van der Waals surface area contributed by atoms with Crippen molar-refractivity contribution in [2.24, 2.45) is 0 Å². The first-order chi connectivity index (χ1) is 18.4. The van der Waals surface area contributed by atoms with E-state index >= 15 is 0 Å². The molecule has 6 nitrogen and oxygen atoms in total. The van der Waals surface area contributed by atoms with Gasteiger partial charge in [0, 0.05) is 30.4 Å². The van der Waals surface area contributed by atoms with Crippen molar-refractivity contribution >= 4 is 27.7 Å². The molecule has 0 heterocycles. The van der Waals surface area contributed by atoms with Crippen molar-refractivity contribution in [3.05, 3.63) is 94.0 Å². The molecule has 3 aromatic carbocycles. The van der Waals surface area contributed by atoms with Crippen molar-refractivity contribution in [1.29, 1.82) is 0 Å².